The number of hydrogen-bond acceptors (Lipinski definition) is 5. The molecule has 1 saturated heterocycles. The Bertz CT molecular complexity index is 962. The predicted octanol–water partition coefficient (Wildman–Crippen LogP) is 3.05. The van der Waals surface area contributed by atoms with Gasteiger partial charge in [0.1, 0.15) is 17.5 Å². The van der Waals surface area contributed by atoms with E-state index >= 15 is 0 Å². The molecule has 2 aliphatic heterocycles. The summed E-state index contributed by atoms with van der Waals surface area (Å²) in [6.07, 6.45) is 7.12. The third-order valence-electron chi connectivity index (χ3n) is 5.98. The SMILES string of the molecule is Cc1cc(N2CCC(c3nnc4n3CCCCC4)CC2)n2nc(C)cc2n1. The quantitative estimate of drug-likeness (QED) is 0.698. The van der Waals surface area contributed by atoms with E-state index < -0.39 is 0 Å². The molecule has 7 heteroatoms. The van der Waals surface area contributed by atoms with E-state index in [9.17, 15) is 0 Å². The molecule has 0 saturated carbocycles. The summed E-state index contributed by atoms with van der Waals surface area (Å²) in [5, 5.41) is 13.7. The van der Waals surface area contributed by atoms with Gasteiger partial charge < -0.3 is 9.47 Å². The topological polar surface area (TPSA) is 64.1 Å². The summed E-state index contributed by atoms with van der Waals surface area (Å²) in [5.41, 5.74) is 2.99. The number of aryl methyl sites for hydroxylation is 3. The van der Waals surface area contributed by atoms with Gasteiger partial charge in [-0.25, -0.2) is 4.98 Å². The first-order valence-electron chi connectivity index (χ1n) is 10.2. The van der Waals surface area contributed by atoms with Crippen LogP contribution in [0.25, 0.3) is 5.65 Å². The molecule has 0 N–H and O–H groups in total. The Labute approximate surface area is 159 Å². The van der Waals surface area contributed by atoms with Crippen molar-refractivity contribution in [2.45, 2.75) is 64.8 Å². The Balaban J connectivity index is 1.38. The molecule has 1 fully saturated rings. The molecule has 0 bridgehead atoms. The highest BCUT2D eigenvalue weighted by atomic mass is 15.4. The van der Waals surface area contributed by atoms with Crippen LogP contribution in [-0.2, 0) is 13.0 Å². The van der Waals surface area contributed by atoms with Crippen molar-refractivity contribution in [2.24, 2.45) is 0 Å². The van der Waals surface area contributed by atoms with Gasteiger partial charge in [-0.2, -0.15) is 9.61 Å². The van der Waals surface area contributed by atoms with Gasteiger partial charge in [-0.15, -0.1) is 10.2 Å². The highest BCUT2D eigenvalue weighted by Gasteiger charge is 2.28. The van der Waals surface area contributed by atoms with E-state index in [0.29, 0.717) is 5.92 Å². The fourth-order valence-corrected chi connectivity index (χ4v) is 4.60. The molecule has 0 atom stereocenters. The van der Waals surface area contributed by atoms with Crippen molar-refractivity contribution in [2.75, 3.05) is 18.0 Å². The van der Waals surface area contributed by atoms with Crippen molar-refractivity contribution < 1.29 is 0 Å². The summed E-state index contributed by atoms with van der Waals surface area (Å²) in [5.74, 6) is 4.09. The highest BCUT2D eigenvalue weighted by Crippen LogP contribution is 2.31. The Morgan fingerprint density at radius 3 is 2.63 bits per heavy atom. The number of nitrogens with zero attached hydrogens (tertiary/aromatic N) is 7. The summed E-state index contributed by atoms with van der Waals surface area (Å²) in [6.45, 7) is 7.21. The molecule has 2 aliphatic rings. The molecular formula is C20H27N7. The van der Waals surface area contributed by atoms with Crippen LogP contribution in [0.2, 0.25) is 0 Å². The molecule has 0 radical (unpaired) electrons. The second-order valence-corrected chi connectivity index (χ2v) is 8.01. The number of piperidine rings is 1. The molecule has 142 valence electrons. The molecule has 0 spiro atoms. The summed E-state index contributed by atoms with van der Waals surface area (Å²) in [6, 6.07) is 4.21. The smallest absolute Gasteiger partial charge is 0.157 e. The van der Waals surface area contributed by atoms with Gasteiger partial charge in [0.2, 0.25) is 0 Å². The van der Waals surface area contributed by atoms with Crippen molar-refractivity contribution in [3.63, 3.8) is 0 Å². The van der Waals surface area contributed by atoms with Crippen molar-refractivity contribution in [1.29, 1.82) is 0 Å². The van der Waals surface area contributed by atoms with Gasteiger partial charge in [0.25, 0.3) is 0 Å². The lowest BCUT2D eigenvalue weighted by Gasteiger charge is -2.33. The first-order valence-corrected chi connectivity index (χ1v) is 10.2. The Morgan fingerprint density at radius 2 is 1.78 bits per heavy atom. The third-order valence-corrected chi connectivity index (χ3v) is 5.98. The second-order valence-electron chi connectivity index (χ2n) is 8.01. The molecule has 5 heterocycles. The lowest BCUT2D eigenvalue weighted by atomic mass is 9.95. The lowest BCUT2D eigenvalue weighted by molar-refractivity contribution is 0.456. The Kier molecular flexibility index (Phi) is 4.10. The fourth-order valence-electron chi connectivity index (χ4n) is 4.60. The van der Waals surface area contributed by atoms with E-state index in [2.05, 4.69) is 48.8 Å². The van der Waals surface area contributed by atoms with Crippen LogP contribution in [0.3, 0.4) is 0 Å². The average molecular weight is 365 g/mol. The summed E-state index contributed by atoms with van der Waals surface area (Å²) in [4.78, 5) is 7.07. The molecule has 27 heavy (non-hydrogen) atoms. The van der Waals surface area contributed by atoms with Gasteiger partial charge >= 0.3 is 0 Å². The third kappa shape index (κ3) is 2.99. The van der Waals surface area contributed by atoms with Crippen molar-refractivity contribution >= 4 is 11.5 Å². The van der Waals surface area contributed by atoms with Gasteiger partial charge in [-0.3, -0.25) is 0 Å². The van der Waals surface area contributed by atoms with Gasteiger partial charge in [-0.1, -0.05) is 6.42 Å². The summed E-state index contributed by atoms with van der Waals surface area (Å²) in [7, 11) is 0. The van der Waals surface area contributed by atoms with Crippen LogP contribution < -0.4 is 4.90 Å². The maximum atomic E-state index is 4.65. The van der Waals surface area contributed by atoms with Crippen molar-refractivity contribution in [3.8, 4) is 0 Å². The molecule has 5 rings (SSSR count). The molecule has 3 aromatic rings. The normalized spacial score (nSPS) is 18.7. The zero-order valence-electron chi connectivity index (χ0n) is 16.2. The van der Waals surface area contributed by atoms with Gasteiger partial charge in [0.15, 0.2) is 5.65 Å². The van der Waals surface area contributed by atoms with Crippen LogP contribution in [-0.4, -0.2) is 42.5 Å². The first-order chi connectivity index (χ1) is 13.2. The monoisotopic (exact) mass is 365 g/mol. The number of aromatic nitrogens is 6. The van der Waals surface area contributed by atoms with Gasteiger partial charge in [0.05, 0.1) is 5.69 Å². The maximum absolute atomic E-state index is 4.65. The van der Waals surface area contributed by atoms with Crippen molar-refractivity contribution in [1.82, 2.24) is 29.4 Å². The van der Waals surface area contributed by atoms with E-state index in [1.165, 1.54) is 30.9 Å². The molecule has 7 nitrogen and oxygen atoms in total. The van der Waals surface area contributed by atoms with Crippen LogP contribution in [0.4, 0.5) is 5.82 Å². The Morgan fingerprint density at radius 1 is 0.926 bits per heavy atom. The van der Waals surface area contributed by atoms with Crippen LogP contribution in [0, 0.1) is 13.8 Å². The van der Waals surface area contributed by atoms with E-state index in [1.807, 2.05) is 11.4 Å². The van der Waals surface area contributed by atoms with Crippen LogP contribution in [0.5, 0.6) is 0 Å². The molecule has 3 aromatic heterocycles. The van der Waals surface area contributed by atoms with Crippen LogP contribution in [0.1, 0.15) is 61.1 Å². The van der Waals surface area contributed by atoms with Crippen LogP contribution in [0.15, 0.2) is 12.1 Å². The maximum Gasteiger partial charge on any atom is 0.157 e. The van der Waals surface area contributed by atoms with E-state index in [-0.39, 0.29) is 0 Å². The number of fused-ring (bicyclic) bond motifs is 2. The predicted molar refractivity (Wildman–Crippen MR) is 104 cm³/mol. The molecule has 0 aromatic carbocycles. The first kappa shape index (κ1) is 16.7. The lowest BCUT2D eigenvalue weighted by Crippen LogP contribution is -2.35. The van der Waals surface area contributed by atoms with E-state index in [4.69, 9.17) is 0 Å². The van der Waals surface area contributed by atoms with E-state index in [1.54, 1.807) is 0 Å². The molecule has 0 aliphatic carbocycles. The van der Waals surface area contributed by atoms with E-state index in [0.717, 1.165) is 61.7 Å². The minimum atomic E-state index is 0.512. The molecular weight excluding hydrogens is 338 g/mol. The van der Waals surface area contributed by atoms with Crippen molar-refractivity contribution in [3.05, 3.63) is 35.2 Å². The highest BCUT2D eigenvalue weighted by molar-refractivity contribution is 5.52. The zero-order chi connectivity index (χ0) is 18.4. The Hall–Kier alpha value is -2.44. The fraction of sp³-hybridized carbons (Fsp3) is 0.600. The second kappa shape index (κ2) is 6.62. The van der Waals surface area contributed by atoms with Crippen LogP contribution >= 0.6 is 0 Å². The number of hydrogen-bond donors (Lipinski definition) is 0. The summed E-state index contributed by atoms with van der Waals surface area (Å²) < 4.78 is 4.41. The summed E-state index contributed by atoms with van der Waals surface area (Å²) >= 11 is 0. The average Bonchev–Trinajstić information content (AvgIpc) is 3.15. The number of rotatable bonds is 2. The zero-order valence-corrected chi connectivity index (χ0v) is 16.2. The largest absolute Gasteiger partial charge is 0.356 e. The minimum absolute atomic E-state index is 0.512. The van der Waals surface area contributed by atoms with Gasteiger partial charge in [0, 0.05) is 49.8 Å². The standard InChI is InChI=1S/C20H27N7/c1-14-13-19(27-18(21-14)12-15(2)24-27)25-10-7-16(8-11-25)20-23-22-17-6-4-3-5-9-26(17)20/h12-13,16H,3-11H2,1-2H3. The molecule has 0 unspecified atom stereocenters. The minimum Gasteiger partial charge on any atom is -0.356 e. The molecule has 0 amide bonds. The van der Waals surface area contributed by atoms with Gasteiger partial charge in [-0.05, 0) is 39.5 Å². The number of anilines is 1.